The third-order valence-corrected chi connectivity index (χ3v) is 7.88. The van der Waals surface area contributed by atoms with Gasteiger partial charge in [0.1, 0.15) is 5.69 Å². The van der Waals surface area contributed by atoms with Gasteiger partial charge in [-0.15, -0.1) is 0 Å². The number of rotatable bonds is 9. The van der Waals surface area contributed by atoms with Crippen molar-refractivity contribution in [2.45, 2.75) is 4.90 Å². The molecule has 4 rings (SSSR count). The number of methoxy groups -OCH3 is 1. The van der Waals surface area contributed by atoms with Crippen LogP contribution in [0.25, 0.3) is 0 Å². The van der Waals surface area contributed by atoms with Gasteiger partial charge in [-0.2, -0.15) is 9.41 Å². The molecule has 1 heterocycles. The molecule has 3 aromatic rings. The first-order valence-corrected chi connectivity index (χ1v) is 13.3. The van der Waals surface area contributed by atoms with Crippen molar-refractivity contribution in [2.75, 3.05) is 38.8 Å². The molecule has 1 fully saturated rings. The van der Waals surface area contributed by atoms with E-state index in [1.807, 2.05) is 0 Å². The van der Waals surface area contributed by atoms with Gasteiger partial charge >= 0.3 is 5.97 Å². The summed E-state index contributed by atoms with van der Waals surface area (Å²) in [6, 6.07) is 14.7. The van der Waals surface area contributed by atoms with Gasteiger partial charge in [-0.3, -0.25) is 15.5 Å². The molecule has 204 valence electrons. The molecule has 1 aliphatic heterocycles. The Labute approximate surface area is 228 Å². The maximum atomic E-state index is 12.9. The monoisotopic (exact) mass is 574 g/mol. The van der Waals surface area contributed by atoms with Crippen LogP contribution in [0.5, 0.6) is 11.5 Å². The quantitative estimate of drug-likeness (QED) is 0.132. The zero-order chi connectivity index (χ0) is 28.0. The zero-order valence-electron chi connectivity index (χ0n) is 20.6. The van der Waals surface area contributed by atoms with Crippen molar-refractivity contribution in [3.63, 3.8) is 0 Å². The smallest absolute Gasteiger partial charge is 0.345 e. The Morgan fingerprint density at radius 2 is 1.87 bits per heavy atom. The normalized spacial score (nSPS) is 14.2. The second-order valence-corrected chi connectivity index (χ2v) is 10.4. The molecule has 14 heteroatoms. The van der Waals surface area contributed by atoms with Crippen LogP contribution in [0.4, 0.5) is 11.4 Å². The lowest BCUT2D eigenvalue weighted by Gasteiger charge is -2.26. The highest BCUT2D eigenvalue weighted by Crippen LogP contribution is 2.31. The van der Waals surface area contributed by atoms with E-state index in [9.17, 15) is 23.3 Å². The lowest BCUT2D eigenvalue weighted by molar-refractivity contribution is -0.384. The van der Waals surface area contributed by atoms with Crippen LogP contribution in [-0.4, -0.2) is 63.2 Å². The van der Waals surface area contributed by atoms with Crippen LogP contribution in [-0.2, 0) is 14.8 Å². The predicted molar refractivity (Wildman–Crippen MR) is 143 cm³/mol. The summed E-state index contributed by atoms with van der Waals surface area (Å²) >= 11 is 6.05. The maximum absolute atomic E-state index is 12.9. The Morgan fingerprint density at radius 1 is 1.13 bits per heavy atom. The molecule has 0 radical (unpaired) electrons. The number of hydrazone groups is 1. The molecule has 0 atom stereocenters. The molecule has 0 saturated carbocycles. The minimum atomic E-state index is -3.91. The third kappa shape index (κ3) is 6.52. The number of carbonyl (C=O) groups excluding carboxylic acids is 1. The summed E-state index contributed by atoms with van der Waals surface area (Å²) in [4.78, 5) is 23.3. The molecule has 39 heavy (non-hydrogen) atoms. The first kappa shape index (κ1) is 28.0. The Balaban J connectivity index is 1.49. The highest BCUT2D eigenvalue weighted by atomic mass is 35.5. The number of nitro groups is 1. The molecule has 0 bridgehead atoms. The SMILES string of the molecule is COc1cc(C=NNc2ccc(S(=O)(=O)N3CCOCC3)cc2[N+](=O)[O-])ccc1OC(=O)c1ccccc1Cl. The zero-order valence-corrected chi connectivity index (χ0v) is 22.1. The van der Waals surface area contributed by atoms with Gasteiger partial charge in [-0.1, -0.05) is 23.7 Å². The van der Waals surface area contributed by atoms with Gasteiger partial charge in [0, 0.05) is 19.2 Å². The van der Waals surface area contributed by atoms with E-state index in [1.54, 1.807) is 30.3 Å². The summed E-state index contributed by atoms with van der Waals surface area (Å²) < 4.78 is 42.9. The van der Waals surface area contributed by atoms with Crippen molar-refractivity contribution >= 4 is 45.2 Å². The number of nitrogens with one attached hydrogen (secondary N) is 1. The van der Waals surface area contributed by atoms with Crippen LogP contribution >= 0.6 is 11.6 Å². The van der Waals surface area contributed by atoms with E-state index in [2.05, 4.69) is 10.5 Å². The Hall–Kier alpha value is -4.04. The summed E-state index contributed by atoms with van der Waals surface area (Å²) in [7, 11) is -2.51. The van der Waals surface area contributed by atoms with Crippen LogP contribution in [0.15, 0.2) is 70.7 Å². The summed E-state index contributed by atoms with van der Waals surface area (Å²) in [6.45, 7) is 0.847. The average Bonchev–Trinajstić information content (AvgIpc) is 2.94. The molecule has 1 N–H and O–H groups in total. The molecule has 1 saturated heterocycles. The topological polar surface area (TPSA) is 150 Å². The van der Waals surface area contributed by atoms with Gasteiger partial charge in [0.05, 0.1) is 46.9 Å². The number of esters is 1. The number of nitrogens with zero attached hydrogens (tertiary/aromatic N) is 3. The summed E-state index contributed by atoms with van der Waals surface area (Å²) in [5.41, 5.74) is 2.82. The average molecular weight is 575 g/mol. The van der Waals surface area contributed by atoms with Gasteiger partial charge in [-0.05, 0) is 48.0 Å². The number of sulfonamides is 1. The van der Waals surface area contributed by atoms with E-state index in [1.165, 1.54) is 41.9 Å². The number of hydrogen-bond acceptors (Lipinski definition) is 10. The standard InChI is InChI=1S/C25H23ClN4O8S/c1-36-24-14-17(6-9-23(24)38-25(31)19-4-2-3-5-20(19)26)16-27-28-21-8-7-18(15-22(21)30(32)33)39(34,35)29-10-12-37-13-11-29/h2-9,14-16,28H,10-13H2,1H3. The molecule has 1 aliphatic rings. The van der Waals surface area contributed by atoms with Crippen molar-refractivity contribution in [1.82, 2.24) is 4.31 Å². The Kier molecular flexibility index (Phi) is 8.76. The molecule has 0 spiro atoms. The summed E-state index contributed by atoms with van der Waals surface area (Å²) in [5.74, 6) is -0.267. The maximum Gasteiger partial charge on any atom is 0.345 e. The van der Waals surface area contributed by atoms with Crippen molar-refractivity contribution in [1.29, 1.82) is 0 Å². The number of hydrogen-bond donors (Lipinski definition) is 1. The first-order valence-electron chi connectivity index (χ1n) is 11.5. The second-order valence-electron chi connectivity index (χ2n) is 8.10. The Bertz CT molecular complexity index is 1520. The molecule has 0 aliphatic carbocycles. The van der Waals surface area contributed by atoms with E-state index < -0.39 is 26.6 Å². The lowest BCUT2D eigenvalue weighted by Crippen LogP contribution is -2.40. The van der Waals surface area contributed by atoms with Crippen molar-refractivity contribution in [3.8, 4) is 11.5 Å². The van der Waals surface area contributed by atoms with Gasteiger partial charge in [-0.25, -0.2) is 13.2 Å². The van der Waals surface area contributed by atoms with E-state index in [0.29, 0.717) is 5.56 Å². The fourth-order valence-corrected chi connectivity index (χ4v) is 5.30. The van der Waals surface area contributed by atoms with E-state index >= 15 is 0 Å². The largest absolute Gasteiger partial charge is 0.493 e. The number of nitro benzene ring substituents is 1. The Morgan fingerprint density at radius 3 is 2.56 bits per heavy atom. The summed E-state index contributed by atoms with van der Waals surface area (Å²) in [5, 5.41) is 15.9. The molecular weight excluding hydrogens is 552 g/mol. The highest BCUT2D eigenvalue weighted by Gasteiger charge is 2.29. The predicted octanol–water partition coefficient (Wildman–Crippen LogP) is 3.94. The van der Waals surface area contributed by atoms with E-state index in [0.717, 1.165) is 6.07 Å². The third-order valence-electron chi connectivity index (χ3n) is 5.66. The first-order chi connectivity index (χ1) is 18.7. The lowest BCUT2D eigenvalue weighted by atomic mass is 10.2. The molecule has 12 nitrogen and oxygen atoms in total. The number of carbonyl (C=O) groups is 1. The van der Waals surface area contributed by atoms with Crippen LogP contribution < -0.4 is 14.9 Å². The van der Waals surface area contributed by atoms with E-state index in [-0.39, 0.29) is 59.0 Å². The number of benzene rings is 3. The highest BCUT2D eigenvalue weighted by molar-refractivity contribution is 7.89. The number of morpholine rings is 1. The van der Waals surface area contributed by atoms with Crippen molar-refractivity contribution < 1.29 is 32.3 Å². The van der Waals surface area contributed by atoms with E-state index in [4.69, 9.17) is 25.8 Å². The van der Waals surface area contributed by atoms with Crippen LogP contribution in [0.1, 0.15) is 15.9 Å². The molecule has 0 unspecified atom stereocenters. The molecule has 0 aromatic heterocycles. The van der Waals surface area contributed by atoms with Crippen LogP contribution in [0.2, 0.25) is 5.02 Å². The fraction of sp³-hybridized carbons (Fsp3) is 0.200. The minimum Gasteiger partial charge on any atom is -0.493 e. The summed E-state index contributed by atoms with van der Waals surface area (Å²) in [6.07, 6.45) is 1.37. The number of halogens is 1. The van der Waals surface area contributed by atoms with Gasteiger partial charge in [0.25, 0.3) is 5.69 Å². The second kappa shape index (κ2) is 12.2. The molecule has 0 amide bonds. The van der Waals surface area contributed by atoms with Crippen LogP contribution in [0.3, 0.4) is 0 Å². The molecular formula is C25H23ClN4O8S. The van der Waals surface area contributed by atoms with Gasteiger partial charge in [0.15, 0.2) is 11.5 Å². The number of anilines is 1. The van der Waals surface area contributed by atoms with Gasteiger partial charge < -0.3 is 14.2 Å². The van der Waals surface area contributed by atoms with Gasteiger partial charge in [0.2, 0.25) is 10.0 Å². The van der Waals surface area contributed by atoms with Crippen molar-refractivity contribution in [2.24, 2.45) is 5.10 Å². The fourth-order valence-electron chi connectivity index (χ4n) is 3.66. The van der Waals surface area contributed by atoms with Crippen LogP contribution in [0, 0.1) is 10.1 Å². The van der Waals surface area contributed by atoms with Crippen molar-refractivity contribution in [3.05, 3.63) is 86.9 Å². The number of ether oxygens (including phenoxy) is 3. The minimum absolute atomic E-state index is 0.00516. The molecule has 3 aromatic carbocycles.